The van der Waals surface area contributed by atoms with Crippen LogP contribution in [0.1, 0.15) is 0 Å². The second-order valence-electron chi connectivity index (χ2n) is 4.48. The van der Waals surface area contributed by atoms with Gasteiger partial charge in [-0.15, -0.1) is 0 Å². The third-order valence-corrected chi connectivity index (χ3v) is 3.16. The molecular weight excluding hydrogens is 255 g/mol. The molecule has 2 heterocycles. The van der Waals surface area contributed by atoms with Crippen molar-refractivity contribution in [2.75, 3.05) is 5.73 Å². The van der Waals surface area contributed by atoms with Gasteiger partial charge >= 0.3 is 0 Å². The van der Waals surface area contributed by atoms with Gasteiger partial charge in [0, 0.05) is 25.0 Å². The Kier molecular flexibility index (Phi) is 2.95. The molecule has 20 heavy (non-hydrogen) atoms. The maximum atomic E-state index is 13.4. The molecule has 5 heteroatoms. The Labute approximate surface area is 115 Å². The number of nitrogen functional groups attached to an aromatic ring is 1. The van der Waals surface area contributed by atoms with Gasteiger partial charge in [0.15, 0.2) is 0 Å². The Morgan fingerprint density at radius 3 is 2.55 bits per heavy atom. The quantitative estimate of drug-likeness (QED) is 0.777. The Balaban J connectivity index is 2.25. The first kappa shape index (κ1) is 12.3. The van der Waals surface area contributed by atoms with Crippen molar-refractivity contribution >= 4 is 5.82 Å². The molecule has 0 fully saturated rings. The summed E-state index contributed by atoms with van der Waals surface area (Å²) < 4.78 is 15.0. The Morgan fingerprint density at radius 2 is 1.85 bits per heavy atom. The van der Waals surface area contributed by atoms with Gasteiger partial charge in [0.25, 0.3) is 0 Å². The molecule has 3 rings (SSSR count). The lowest BCUT2D eigenvalue weighted by Crippen LogP contribution is -1.97. The predicted octanol–water partition coefficient (Wildman–Crippen LogP) is 2.87. The first-order chi connectivity index (χ1) is 9.66. The van der Waals surface area contributed by atoms with E-state index in [1.54, 1.807) is 30.2 Å². The van der Waals surface area contributed by atoms with E-state index in [9.17, 15) is 4.39 Å². The van der Waals surface area contributed by atoms with E-state index in [1.807, 2.05) is 18.2 Å². The van der Waals surface area contributed by atoms with Crippen LogP contribution in [0.3, 0.4) is 0 Å². The predicted molar refractivity (Wildman–Crippen MR) is 76.2 cm³/mol. The fraction of sp³-hybridized carbons (Fsp3) is 0.0667. The summed E-state index contributed by atoms with van der Waals surface area (Å²) in [7, 11) is 1.77. The lowest BCUT2D eigenvalue weighted by Gasteiger charge is -2.04. The third-order valence-electron chi connectivity index (χ3n) is 3.16. The molecule has 0 aliphatic rings. The van der Waals surface area contributed by atoms with E-state index >= 15 is 0 Å². The largest absolute Gasteiger partial charge is 0.383 e. The molecule has 0 atom stereocenters. The molecule has 0 amide bonds. The van der Waals surface area contributed by atoms with Crippen molar-refractivity contribution in [3.8, 4) is 22.4 Å². The van der Waals surface area contributed by atoms with Gasteiger partial charge < -0.3 is 5.73 Å². The Hall–Kier alpha value is -2.69. The number of nitrogens with two attached hydrogens (primary N) is 1. The molecule has 0 saturated carbocycles. The van der Waals surface area contributed by atoms with E-state index in [2.05, 4.69) is 10.1 Å². The molecule has 3 aromatic rings. The van der Waals surface area contributed by atoms with Gasteiger partial charge in [0.1, 0.15) is 17.3 Å². The number of anilines is 1. The van der Waals surface area contributed by atoms with Gasteiger partial charge in [-0.1, -0.05) is 12.1 Å². The van der Waals surface area contributed by atoms with E-state index in [0.29, 0.717) is 17.1 Å². The van der Waals surface area contributed by atoms with Crippen LogP contribution >= 0.6 is 0 Å². The highest BCUT2D eigenvalue weighted by Gasteiger charge is 2.17. The molecule has 2 aromatic heterocycles. The number of pyridine rings is 1. The summed E-state index contributed by atoms with van der Waals surface area (Å²) in [6.07, 6.45) is 3.38. The van der Waals surface area contributed by atoms with Crippen LogP contribution in [0.2, 0.25) is 0 Å². The minimum atomic E-state index is -0.299. The minimum Gasteiger partial charge on any atom is -0.383 e. The molecule has 0 unspecified atom stereocenters. The number of halogens is 1. The lowest BCUT2D eigenvalue weighted by atomic mass is 10.0. The minimum absolute atomic E-state index is 0.299. The average molecular weight is 268 g/mol. The third kappa shape index (κ3) is 2.03. The highest BCUT2D eigenvalue weighted by atomic mass is 19.1. The van der Waals surface area contributed by atoms with Crippen LogP contribution in [0.5, 0.6) is 0 Å². The summed E-state index contributed by atoms with van der Waals surface area (Å²) in [5.74, 6) is 0.239. The van der Waals surface area contributed by atoms with E-state index < -0.39 is 0 Å². The molecule has 0 bridgehead atoms. The zero-order valence-electron chi connectivity index (χ0n) is 10.9. The van der Waals surface area contributed by atoms with Crippen molar-refractivity contribution in [1.29, 1.82) is 0 Å². The van der Waals surface area contributed by atoms with E-state index in [4.69, 9.17) is 5.73 Å². The van der Waals surface area contributed by atoms with Gasteiger partial charge in [-0.2, -0.15) is 5.10 Å². The van der Waals surface area contributed by atoms with Crippen LogP contribution in [0.4, 0.5) is 10.2 Å². The highest BCUT2D eigenvalue weighted by molar-refractivity contribution is 5.87. The fourth-order valence-corrected chi connectivity index (χ4v) is 2.18. The molecule has 0 aliphatic carbocycles. The highest BCUT2D eigenvalue weighted by Crippen LogP contribution is 2.35. The van der Waals surface area contributed by atoms with Crippen molar-refractivity contribution in [1.82, 2.24) is 14.8 Å². The Morgan fingerprint density at radius 1 is 1.10 bits per heavy atom. The summed E-state index contributed by atoms with van der Waals surface area (Å²) in [5.41, 5.74) is 9.16. The van der Waals surface area contributed by atoms with Crippen LogP contribution in [-0.4, -0.2) is 14.8 Å². The summed E-state index contributed by atoms with van der Waals surface area (Å²) in [6.45, 7) is 0. The van der Waals surface area contributed by atoms with Crippen LogP contribution in [0.15, 0.2) is 48.8 Å². The van der Waals surface area contributed by atoms with Gasteiger partial charge in [-0.25, -0.2) is 4.39 Å². The van der Waals surface area contributed by atoms with Gasteiger partial charge in [-0.3, -0.25) is 9.67 Å². The van der Waals surface area contributed by atoms with Gasteiger partial charge in [0.05, 0.1) is 5.56 Å². The summed E-state index contributed by atoms with van der Waals surface area (Å²) in [4.78, 5) is 4.00. The maximum absolute atomic E-state index is 13.4. The second kappa shape index (κ2) is 4.77. The number of aryl methyl sites for hydroxylation is 1. The first-order valence-corrected chi connectivity index (χ1v) is 6.15. The maximum Gasteiger partial charge on any atom is 0.129 e. The van der Waals surface area contributed by atoms with Crippen LogP contribution in [0, 0.1) is 5.82 Å². The molecule has 0 radical (unpaired) electrons. The van der Waals surface area contributed by atoms with Crippen molar-refractivity contribution in [2.24, 2.45) is 7.05 Å². The fourth-order valence-electron chi connectivity index (χ4n) is 2.18. The first-order valence-electron chi connectivity index (χ1n) is 6.15. The summed E-state index contributed by atoms with van der Waals surface area (Å²) >= 11 is 0. The zero-order chi connectivity index (χ0) is 14.1. The molecule has 4 nitrogen and oxygen atoms in total. The smallest absolute Gasteiger partial charge is 0.129 e. The van der Waals surface area contributed by atoms with Crippen LogP contribution < -0.4 is 5.73 Å². The number of benzene rings is 1. The molecule has 0 saturated heterocycles. The molecule has 100 valence electrons. The van der Waals surface area contributed by atoms with E-state index in [1.165, 1.54) is 12.1 Å². The Bertz CT molecular complexity index is 750. The molecule has 2 N–H and O–H groups in total. The number of rotatable bonds is 2. The second-order valence-corrected chi connectivity index (χ2v) is 4.48. The monoisotopic (exact) mass is 268 g/mol. The molecular formula is C15H13FN4. The van der Waals surface area contributed by atoms with Gasteiger partial charge in [-0.05, 0) is 29.8 Å². The standard InChI is InChI=1S/C15H13FN4/c1-20-15(17)13(10-5-7-18-8-6-10)14(19-20)11-3-2-4-12(16)9-11/h2-9H,17H2,1H3. The number of nitrogens with zero attached hydrogens (tertiary/aromatic N) is 3. The molecule has 1 aromatic carbocycles. The number of hydrogen-bond acceptors (Lipinski definition) is 3. The van der Waals surface area contributed by atoms with Gasteiger partial charge in [0.2, 0.25) is 0 Å². The zero-order valence-corrected chi connectivity index (χ0v) is 10.9. The van der Waals surface area contributed by atoms with Crippen molar-refractivity contribution < 1.29 is 4.39 Å². The van der Waals surface area contributed by atoms with E-state index in [0.717, 1.165) is 11.1 Å². The topological polar surface area (TPSA) is 56.7 Å². The van der Waals surface area contributed by atoms with Crippen LogP contribution in [0.25, 0.3) is 22.4 Å². The van der Waals surface area contributed by atoms with Crippen LogP contribution in [-0.2, 0) is 7.05 Å². The SMILES string of the molecule is Cn1nc(-c2cccc(F)c2)c(-c2ccncc2)c1N. The average Bonchev–Trinajstić information content (AvgIpc) is 2.76. The van der Waals surface area contributed by atoms with Crippen molar-refractivity contribution in [3.05, 3.63) is 54.6 Å². The van der Waals surface area contributed by atoms with Crippen molar-refractivity contribution in [2.45, 2.75) is 0 Å². The summed E-state index contributed by atoms with van der Waals surface area (Å²) in [6, 6.07) is 10.0. The normalized spacial score (nSPS) is 10.7. The lowest BCUT2D eigenvalue weighted by molar-refractivity contribution is 0.628. The molecule has 0 spiro atoms. The van der Waals surface area contributed by atoms with E-state index in [-0.39, 0.29) is 5.82 Å². The number of aromatic nitrogens is 3. The summed E-state index contributed by atoms with van der Waals surface area (Å²) in [5, 5.41) is 4.40. The number of hydrogen-bond donors (Lipinski definition) is 1. The molecule has 0 aliphatic heterocycles. The van der Waals surface area contributed by atoms with Crippen molar-refractivity contribution in [3.63, 3.8) is 0 Å².